The van der Waals surface area contributed by atoms with E-state index in [2.05, 4.69) is 26.3 Å². The van der Waals surface area contributed by atoms with Crippen LogP contribution in [-0.2, 0) is 11.3 Å². The molecule has 0 aliphatic rings. The molecule has 0 saturated carbocycles. The summed E-state index contributed by atoms with van der Waals surface area (Å²) in [6, 6.07) is 7.32. The minimum Gasteiger partial charge on any atom is -0.497 e. The van der Waals surface area contributed by atoms with E-state index in [1.165, 1.54) is 0 Å². The summed E-state index contributed by atoms with van der Waals surface area (Å²) in [5.74, 6) is 0.473. The van der Waals surface area contributed by atoms with E-state index in [9.17, 15) is 4.79 Å². The number of ether oxygens (including phenoxy) is 1. The van der Waals surface area contributed by atoms with Gasteiger partial charge in [-0.2, -0.15) is 5.10 Å². The number of hydrogen-bond donors (Lipinski definition) is 1. The Hall–Kier alpha value is -1.82. The molecule has 6 heteroatoms. The van der Waals surface area contributed by atoms with E-state index >= 15 is 0 Å². The van der Waals surface area contributed by atoms with Crippen LogP contribution in [0.3, 0.4) is 0 Å². The Balaban J connectivity index is 2.04. The quantitative estimate of drug-likeness (QED) is 0.881. The van der Waals surface area contributed by atoms with Crippen LogP contribution in [-0.4, -0.2) is 22.8 Å². The predicted molar refractivity (Wildman–Crippen MR) is 90.2 cm³/mol. The van der Waals surface area contributed by atoms with Crippen molar-refractivity contribution in [1.82, 2.24) is 9.78 Å². The van der Waals surface area contributed by atoms with E-state index < -0.39 is 0 Å². The molecule has 1 aromatic carbocycles. The number of amides is 1. The Morgan fingerprint density at radius 3 is 2.77 bits per heavy atom. The van der Waals surface area contributed by atoms with Gasteiger partial charge in [-0.05, 0) is 41.9 Å². The molecule has 0 bridgehead atoms. The third-order valence-electron chi connectivity index (χ3n) is 3.52. The van der Waals surface area contributed by atoms with Crippen LogP contribution in [0.5, 0.6) is 5.75 Å². The van der Waals surface area contributed by atoms with Crippen molar-refractivity contribution in [3.63, 3.8) is 0 Å². The van der Waals surface area contributed by atoms with Crippen molar-refractivity contribution in [2.75, 3.05) is 12.4 Å². The van der Waals surface area contributed by atoms with E-state index in [1.807, 2.05) is 43.7 Å². The first-order chi connectivity index (χ1) is 10.4. The molecule has 1 N–H and O–H groups in total. The Bertz CT molecular complexity index is 682. The second-order valence-electron chi connectivity index (χ2n) is 5.29. The second kappa shape index (κ2) is 6.96. The number of halogens is 1. The zero-order valence-electron chi connectivity index (χ0n) is 13.2. The number of nitrogens with zero attached hydrogens (tertiary/aromatic N) is 2. The van der Waals surface area contributed by atoms with Crippen molar-refractivity contribution < 1.29 is 9.53 Å². The molecule has 0 fully saturated rings. The Kier molecular flexibility index (Phi) is 5.24. The van der Waals surface area contributed by atoms with Crippen LogP contribution in [0.15, 0.2) is 28.7 Å². The maximum absolute atomic E-state index is 12.3. The third kappa shape index (κ3) is 3.68. The highest BCUT2D eigenvalue weighted by atomic mass is 79.9. The van der Waals surface area contributed by atoms with Crippen LogP contribution in [0.25, 0.3) is 0 Å². The van der Waals surface area contributed by atoms with E-state index in [0.29, 0.717) is 12.3 Å². The van der Waals surface area contributed by atoms with Crippen molar-refractivity contribution in [2.24, 2.45) is 5.92 Å². The molecule has 2 rings (SSSR count). The summed E-state index contributed by atoms with van der Waals surface area (Å²) in [6.07, 6.45) is 0. The molecule has 0 spiro atoms. The number of rotatable bonds is 5. The molecular weight excluding hydrogens is 346 g/mol. The number of hydrogen-bond acceptors (Lipinski definition) is 3. The average Bonchev–Trinajstić information content (AvgIpc) is 2.74. The maximum Gasteiger partial charge on any atom is 0.229 e. The second-order valence-corrected chi connectivity index (χ2v) is 6.08. The van der Waals surface area contributed by atoms with Crippen molar-refractivity contribution in [3.8, 4) is 5.75 Å². The van der Waals surface area contributed by atoms with Gasteiger partial charge in [-0.25, -0.2) is 0 Å². The van der Waals surface area contributed by atoms with Crippen LogP contribution in [0.1, 0.15) is 18.3 Å². The molecule has 0 saturated heterocycles. The molecule has 0 aliphatic carbocycles. The van der Waals surface area contributed by atoms with Gasteiger partial charge in [0.2, 0.25) is 5.91 Å². The van der Waals surface area contributed by atoms with Gasteiger partial charge >= 0.3 is 0 Å². The molecule has 22 heavy (non-hydrogen) atoms. The van der Waals surface area contributed by atoms with Crippen molar-refractivity contribution in [1.29, 1.82) is 0 Å². The third-order valence-corrected chi connectivity index (χ3v) is 4.67. The van der Waals surface area contributed by atoms with Gasteiger partial charge in [-0.3, -0.25) is 9.48 Å². The van der Waals surface area contributed by atoms with Gasteiger partial charge in [0.15, 0.2) is 0 Å². The molecule has 118 valence electrons. The number of benzene rings is 1. The minimum atomic E-state index is -0.198. The summed E-state index contributed by atoms with van der Waals surface area (Å²) in [4.78, 5) is 12.3. The van der Waals surface area contributed by atoms with Gasteiger partial charge in [0.25, 0.3) is 0 Å². The molecule has 2 aromatic rings. The zero-order valence-corrected chi connectivity index (χ0v) is 14.8. The number of methoxy groups -OCH3 is 1. The summed E-state index contributed by atoms with van der Waals surface area (Å²) in [6.45, 7) is 6.35. The summed E-state index contributed by atoms with van der Waals surface area (Å²) >= 11 is 3.50. The molecule has 1 heterocycles. The number of aryl methyl sites for hydroxylation is 1. The van der Waals surface area contributed by atoms with Gasteiger partial charge in [0.05, 0.1) is 29.7 Å². The number of carbonyl (C=O) groups excluding carboxylic acids is 1. The topological polar surface area (TPSA) is 56.1 Å². The molecule has 1 amide bonds. The number of aromatic nitrogens is 2. The normalized spacial score (nSPS) is 12.0. The fourth-order valence-electron chi connectivity index (χ4n) is 2.16. The van der Waals surface area contributed by atoms with Gasteiger partial charge in [-0.15, -0.1) is 0 Å². The van der Waals surface area contributed by atoms with E-state index in [0.717, 1.165) is 21.5 Å². The standard InChI is InChI=1S/C16H20BrN3O2/c1-10(9-20-12(3)15(17)11(2)19-20)16(21)18-13-6-5-7-14(8-13)22-4/h5-8,10H,9H2,1-4H3,(H,18,21). The predicted octanol–water partition coefficient (Wildman–Crippen LogP) is 3.55. The van der Waals surface area contributed by atoms with E-state index in [-0.39, 0.29) is 11.8 Å². The molecule has 1 unspecified atom stereocenters. The van der Waals surface area contributed by atoms with E-state index in [1.54, 1.807) is 13.2 Å². The van der Waals surface area contributed by atoms with Crippen LogP contribution >= 0.6 is 15.9 Å². The van der Waals surface area contributed by atoms with Crippen LogP contribution in [0.2, 0.25) is 0 Å². The highest BCUT2D eigenvalue weighted by Gasteiger charge is 2.17. The van der Waals surface area contributed by atoms with Crippen LogP contribution < -0.4 is 10.1 Å². The lowest BCUT2D eigenvalue weighted by Crippen LogP contribution is -2.25. The highest BCUT2D eigenvalue weighted by molar-refractivity contribution is 9.10. The fraction of sp³-hybridized carbons (Fsp3) is 0.375. The molecule has 0 aliphatic heterocycles. The lowest BCUT2D eigenvalue weighted by molar-refractivity contribution is -0.119. The zero-order chi connectivity index (χ0) is 16.3. The number of carbonyl (C=O) groups is 1. The lowest BCUT2D eigenvalue weighted by Gasteiger charge is -2.14. The SMILES string of the molecule is COc1cccc(NC(=O)C(C)Cn2nc(C)c(Br)c2C)c1. The smallest absolute Gasteiger partial charge is 0.229 e. The lowest BCUT2D eigenvalue weighted by atomic mass is 10.1. The van der Waals surface area contributed by atoms with Gasteiger partial charge in [0, 0.05) is 17.4 Å². The largest absolute Gasteiger partial charge is 0.497 e. The summed E-state index contributed by atoms with van der Waals surface area (Å²) in [5.41, 5.74) is 2.68. The molecule has 1 atom stereocenters. The van der Waals surface area contributed by atoms with Crippen molar-refractivity contribution in [3.05, 3.63) is 40.1 Å². The summed E-state index contributed by atoms with van der Waals surface area (Å²) in [5, 5.41) is 7.34. The average molecular weight is 366 g/mol. The molecular formula is C16H20BrN3O2. The van der Waals surface area contributed by atoms with E-state index in [4.69, 9.17) is 4.74 Å². The summed E-state index contributed by atoms with van der Waals surface area (Å²) in [7, 11) is 1.60. The number of anilines is 1. The Labute approximate surface area is 138 Å². The molecule has 1 aromatic heterocycles. The fourth-order valence-corrected chi connectivity index (χ4v) is 2.45. The summed E-state index contributed by atoms with van der Waals surface area (Å²) < 4.78 is 8.00. The molecule has 5 nitrogen and oxygen atoms in total. The monoisotopic (exact) mass is 365 g/mol. The first-order valence-electron chi connectivity index (χ1n) is 7.06. The van der Waals surface area contributed by atoms with Gasteiger partial charge in [0.1, 0.15) is 5.75 Å². The minimum absolute atomic E-state index is 0.0445. The van der Waals surface area contributed by atoms with Gasteiger partial charge in [-0.1, -0.05) is 13.0 Å². The first kappa shape index (κ1) is 16.5. The van der Waals surface area contributed by atoms with Crippen LogP contribution in [0, 0.1) is 19.8 Å². The first-order valence-corrected chi connectivity index (χ1v) is 7.86. The molecule has 0 radical (unpaired) electrons. The maximum atomic E-state index is 12.3. The van der Waals surface area contributed by atoms with Crippen LogP contribution in [0.4, 0.5) is 5.69 Å². The van der Waals surface area contributed by atoms with Gasteiger partial charge < -0.3 is 10.1 Å². The number of nitrogens with one attached hydrogen (secondary N) is 1. The van der Waals surface area contributed by atoms with Crippen molar-refractivity contribution >= 4 is 27.5 Å². The Morgan fingerprint density at radius 2 is 2.18 bits per heavy atom. The highest BCUT2D eigenvalue weighted by Crippen LogP contribution is 2.21. The van der Waals surface area contributed by atoms with Crippen molar-refractivity contribution in [2.45, 2.75) is 27.3 Å². The Morgan fingerprint density at radius 1 is 1.45 bits per heavy atom.